The van der Waals surface area contributed by atoms with Crippen LogP contribution in [0.2, 0.25) is 0 Å². The van der Waals surface area contributed by atoms with Crippen molar-refractivity contribution in [3.63, 3.8) is 0 Å². The molecule has 0 bridgehead atoms. The minimum absolute atomic E-state index is 0.827. The number of benzene rings is 3. The molecule has 5 rings (SSSR count). The van der Waals surface area contributed by atoms with Crippen molar-refractivity contribution < 1.29 is 9.47 Å². The molecular weight excluding hydrogens is 390 g/mol. The van der Waals surface area contributed by atoms with Gasteiger partial charge in [0.2, 0.25) is 0 Å². The maximum Gasteiger partial charge on any atom is 0.121 e. The molecule has 0 fully saturated rings. The Hall–Kier alpha value is -2.72. The first-order valence-electron chi connectivity index (χ1n) is 10.5. The zero-order valence-corrected chi connectivity index (χ0v) is 19.4. The number of fused-ring (bicyclic) bond motifs is 4. The SMILES string of the molecule is CC.CCC.COc1ccc2c(c1)-c1cccc3nc4cc(OC)ccc4c(c13)S2. The first-order valence-corrected chi connectivity index (χ1v) is 11.3. The molecule has 2 heterocycles. The molecule has 0 atom stereocenters. The number of rotatable bonds is 2. The maximum absolute atomic E-state index is 5.42. The molecule has 0 unspecified atom stereocenters. The van der Waals surface area contributed by atoms with Gasteiger partial charge in [0.1, 0.15) is 11.5 Å². The molecule has 1 aromatic heterocycles. The van der Waals surface area contributed by atoms with Crippen molar-refractivity contribution in [2.75, 3.05) is 14.2 Å². The molecular formula is C26H29NO2S. The highest BCUT2D eigenvalue weighted by atomic mass is 32.2. The van der Waals surface area contributed by atoms with E-state index in [1.807, 2.05) is 32.0 Å². The average molecular weight is 420 g/mol. The molecule has 1 aliphatic rings. The van der Waals surface area contributed by atoms with Gasteiger partial charge in [-0.05, 0) is 47.5 Å². The van der Waals surface area contributed by atoms with Crippen molar-refractivity contribution in [3.05, 3.63) is 54.6 Å². The number of ether oxygens (including phenoxy) is 2. The van der Waals surface area contributed by atoms with Crippen LogP contribution in [0.15, 0.2) is 64.4 Å². The van der Waals surface area contributed by atoms with Crippen molar-refractivity contribution in [3.8, 4) is 22.6 Å². The van der Waals surface area contributed by atoms with Gasteiger partial charge in [-0.25, -0.2) is 4.98 Å². The van der Waals surface area contributed by atoms with Gasteiger partial charge in [0.15, 0.2) is 0 Å². The largest absolute Gasteiger partial charge is 0.497 e. The zero-order valence-electron chi connectivity index (χ0n) is 18.6. The van der Waals surface area contributed by atoms with Gasteiger partial charge in [-0.3, -0.25) is 0 Å². The first kappa shape index (κ1) is 22.0. The fourth-order valence-corrected chi connectivity index (χ4v) is 4.67. The predicted octanol–water partition coefficient (Wildman–Crippen LogP) is 7.98. The number of methoxy groups -OCH3 is 2. The van der Waals surface area contributed by atoms with Gasteiger partial charge in [-0.15, -0.1) is 0 Å². The van der Waals surface area contributed by atoms with Crippen molar-refractivity contribution >= 4 is 33.6 Å². The average Bonchev–Trinajstić information content (AvgIpc) is 2.80. The lowest BCUT2D eigenvalue weighted by Gasteiger charge is -2.22. The van der Waals surface area contributed by atoms with E-state index in [4.69, 9.17) is 14.5 Å². The summed E-state index contributed by atoms with van der Waals surface area (Å²) in [6, 6.07) is 18.7. The van der Waals surface area contributed by atoms with E-state index in [1.54, 1.807) is 26.0 Å². The number of hydrogen-bond acceptors (Lipinski definition) is 4. The van der Waals surface area contributed by atoms with Gasteiger partial charge in [-0.2, -0.15) is 0 Å². The number of pyridine rings is 1. The van der Waals surface area contributed by atoms with Crippen LogP contribution < -0.4 is 9.47 Å². The molecule has 0 aliphatic carbocycles. The molecule has 30 heavy (non-hydrogen) atoms. The lowest BCUT2D eigenvalue weighted by Crippen LogP contribution is -1.97. The molecule has 4 aromatic rings. The normalized spacial score (nSPS) is 11.0. The highest BCUT2D eigenvalue weighted by molar-refractivity contribution is 8.00. The smallest absolute Gasteiger partial charge is 0.121 e. The summed E-state index contributed by atoms with van der Waals surface area (Å²) in [6.45, 7) is 8.25. The Morgan fingerprint density at radius 3 is 2.17 bits per heavy atom. The fraction of sp³-hybridized carbons (Fsp3) is 0.269. The summed E-state index contributed by atoms with van der Waals surface area (Å²) in [5.74, 6) is 1.70. The Morgan fingerprint density at radius 1 is 0.800 bits per heavy atom. The number of nitrogens with zero attached hydrogens (tertiary/aromatic N) is 1. The van der Waals surface area contributed by atoms with Crippen LogP contribution in [0.4, 0.5) is 0 Å². The quantitative estimate of drug-likeness (QED) is 0.271. The summed E-state index contributed by atoms with van der Waals surface area (Å²) in [7, 11) is 3.39. The third kappa shape index (κ3) is 3.97. The van der Waals surface area contributed by atoms with E-state index in [9.17, 15) is 0 Å². The molecule has 1 aliphatic heterocycles. The molecule has 0 N–H and O–H groups in total. The van der Waals surface area contributed by atoms with Crippen molar-refractivity contribution in [1.29, 1.82) is 0 Å². The molecule has 0 radical (unpaired) electrons. The molecule has 0 saturated heterocycles. The minimum atomic E-state index is 0.827. The van der Waals surface area contributed by atoms with Gasteiger partial charge in [0, 0.05) is 26.6 Å². The minimum Gasteiger partial charge on any atom is -0.497 e. The predicted molar refractivity (Wildman–Crippen MR) is 129 cm³/mol. The summed E-state index contributed by atoms with van der Waals surface area (Å²) in [6.07, 6.45) is 1.25. The third-order valence-corrected chi connectivity index (χ3v) is 5.85. The molecule has 3 aromatic carbocycles. The fourth-order valence-electron chi connectivity index (χ4n) is 3.44. The van der Waals surface area contributed by atoms with Crippen LogP contribution in [-0.4, -0.2) is 19.2 Å². The summed E-state index contributed by atoms with van der Waals surface area (Å²) in [5.41, 5.74) is 4.39. The number of aromatic nitrogens is 1. The van der Waals surface area contributed by atoms with Gasteiger partial charge >= 0.3 is 0 Å². The van der Waals surface area contributed by atoms with Crippen LogP contribution in [-0.2, 0) is 0 Å². The Bertz CT molecular complexity index is 1170. The van der Waals surface area contributed by atoms with Crippen LogP contribution in [0, 0.1) is 0 Å². The summed E-state index contributed by atoms with van der Waals surface area (Å²) in [4.78, 5) is 7.38. The van der Waals surface area contributed by atoms with Crippen LogP contribution >= 0.6 is 11.8 Å². The summed E-state index contributed by atoms with van der Waals surface area (Å²) < 4.78 is 10.8. The second-order valence-corrected chi connectivity index (χ2v) is 7.75. The van der Waals surface area contributed by atoms with Gasteiger partial charge in [-0.1, -0.05) is 58.0 Å². The number of hydrogen-bond donors (Lipinski definition) is 0. The van der Waals surface area contributed by atoms with Crippen LogP contribution in [0.25, 0.3) is 32.9 Å². The Balaban J connectivity index is 0.000000473. The topological polar surface area (TPSA) is 31.4 Å². The maximum atomic E-state index is 5.42. The van der Waals surface area contributed by atoms with E-state index in [2.05, 4.69) is 50.2 Å². The van der Waals surface area contributed by atoms with Crippen LogP contribution in [0.5, 0.6) is 11.5 Å². The van der Waals surface area contributed by atoms with E-state index in [0.29, 0.717) is 0 Å². The van der Waals surface area contributed by atoms with E-state index in [1.165, 1.54) is 32.7 Å². The van der Waals surface area contributed by atoms with E-state index in [0.717, 1.165) is 27.9 Å². The monoisotopic (exact) mass is 419 g/mol. The lowest BCUT2D eigenvalue weighted by molar-refractivity contribution is 0.414. The van der Waals surface area contributed by atoms with Crippen molar-refractivity contribution in [2.45, 2.75) is 43.9 Å². The Morgan fingerprint density at radius 2 is 1.47 bits per heavy atom. The van der Waals surface area contributed by atoms with E-state index in [-0.39, 0.29) is 0 Å². The van der Waals surface area contributed by atoms with E-state index >= 15 is 0 Å². The second kappa shape index (κ2) is 9.86. The third-order valence-electron chi connectivity index (χ3n) is 4.65. The highest BCUT2D eigenvalue weighted by Gasteiger charge is 2.22. The lowest BCUT2D eigenvalue weighted by atomic mass is 9.98. The summed E-state index contributed by atoms with van der Waals surface area (Å²) >= 11 is 1.80. The highest BCUT2D eigenvalue weighted by Crippen LogP contribution is 2.50. The summed E-state index contributed by atoms with van der Waals surface area (Å²) in [5, 5.41) is 2.37. The molecule has 3 nitrogen and oxygen atoms in total. The molecule has 0 amide bonds. The molecule has 4 heteroatoms. The van der Waals surface area contributed by atoms with Crippen molar-refractivity contribution in [2.24, 2.45) is 0 Å². The molecule has 156 valence electrons. The first-order chi connectivity index (χ1) is 14.7. The Kier molecular flexibility index (Phi) is 7.22. The van der Waals surface area contributed by atoms with Crippen LogP contribution in [0.3, 0.4) is 0 Å². The van der Waals surface area contributed by atoms with Crippen molar-refractivity contribution in [1.82, 2.24) is 4.98 Å². The molecule has 0 spiro atoms. The van der Waals surface area contributed by atoms with Gasteiger partial charge in [0.25, 0.3) is 0 Å². The van der Waals surface area contributed by atoms with Crippen LogP contribution in [0.1, 0.15) is 34.1 Å². The Labute approximate surface area is 183 Å². The second-order valence-electron chi connectivity index (χ2n) is 6.69. The molecule has 0 saturated carbocycles. The standard InChI is InChI=1S/C21H15NO2S.C3H8.C2H6/c1-23-12-7-9-19-16(10-12)14-4-3-5-17-20(14)21(25-19)15-8-6-13(24-2)11-18(15)22-17;1-3-2;1-2/h3-11H,1-2H3;3H2,1-2H3;1-2H3. The zero-order chi connectivity index (χ0) is 21.7. The van der Waals surface area contributed by atoms with Gasteiger partial charge in [0.05, 0.1) is 25.3 Å². The van der Waals surface area contributed by atoms with E-state index < -0.39 is 0 Å². The van der Waals surface area contributed by atoms with Gasteiger partial charge < -0.3 is 9.47 Å².